The van der Waals surface area contributed by atoms with Gasteiger partial charge in [0.2, 0.25) is 0 Å². The molecule has 0 fully saturated rings. The van der Waals surface area contributed by atoms with Crippen LogP contribution in [0.2, 0.25) is 0 Å². The van der Waals surface area contributed by atoms with Crippen LogP contribution in [0, 0.1) is 0 Å². The Kier molecular flexibility index (Phi) is 9.82. The van der Waals surface area contributed by atoms with Gasteiger partial charge in [-0.25, -0.2) is 9.97 Å². The summed E-state index contributed by atoms with van der Waals surface area (Å²) in [5, 5.41) is 0. The lowest BCUT2D eigenvalue weighted by Crippen LogP contribution is -2.27. The Bertz CT molecular complexity index is 2590. The van der Waals surface area contributed by atoms with Crippen molar-refractivity contribution in [3.05, 3.63) is 218 Å². The van der Waals surface area contributed by atoms with Gasteiger partial charge in [-0.15, -0.1) is 6.58 Å². The highest BCUT2D eigenvalue weighted by atomic mass is 15.2. The van der Waals surface area contributed by atoms with Crippen molar-refractivity contribution < 1.29 is 0 Å². The van der Waals surface area contributed by atoms with Crippen LogP contribution in [-0.4, -0.2) is 16.0 Å². The average molecular weight is 735 g/mol. The first-order valence-corrected chi connectivity index (χ1v) is 19.5. The molecule has 7 aromatic carbocycles. The van der Waals surface area contributed by atoms with Crippen molar-refractivity contribution in [2.24, 2.45) is 0 Å². The van der Waals surface area contributed by atoms with E-state index in [2.05, 4.69) is 199 Å². The number of anilines is 5. The molecule has 4 heteroatoms. The number of rotatable bonds is 10. The molecule has 4 nitrogen and oxygen atoms in total. The summed E-state index contributed by atoms with van der Waals surface area (Å²) in [6.45, 7) is 6.33. The second kappa shape index (κ2) is 15.8. The highest BCUT2D eigenvalue weighted by molar-refractivity contribution is 5.96. The maximum Gasteiger partial charge on any atom is 0.162 e. The maximum atomic E-state index is 5.26. The second-order valence-corrected chi connectivity index (χ2v) is 14.2. The molecule has 8 aromatic rings. The minimum Gasteiger partial charge on any atom is -0.318 e. The third-order valence-electron chi connectivity index (χ3n) is 10.7. The minimum atomic E-state index is 0.0220. The third-order valence-corrected chi connectivity index (χ3v) is 10.7. The fourth-order valence-corrected chi connectivity index (χ4v) is 8.08. The predicted molar refractivity (Wildman–Crippen MR) is 239 cm³/mol. The Hall–Kier alpha value is -7.30. The van der Waals surface area contributed by atoms with Crippen molar-refractivity contribution in [1.82, 2.24) is 9.97 Å². The van der Waals surface area contributed by atoms with Crippen LogP contribution in [0.3, 0.4) is 0 Å². The van der Waals surface area contributed by atoms with Crippen molar-refractivity contribution in [3.8, 4) is 44.9 Å². The summed E-state index contributed by atoms with van der Waals surface area (Å²) in [7, 11) is 0. The Morgan fingerprint density at radius 2 is 1.07 bits per heavy atom. The molecule has 1 unspecified atom stereocenters. The molecule has 0 aliphatic carbocycles. The first kappa shape index (κ1) is 35.4. The molecular formula is C53H42N4. The van der Waals surface area contributed by atoms with E-state index in [1.54, 1.807) is 0 Å². The zero-order chi connectivity index (χ0) is 38.6. The molecule has 0 saturated heterocycles. The van der Waals surface area contributed by atoms with Gasteiger partial charge in [0.05, 0.1) is 17.4 Å². The van der Waals surface area contributed by atoms with Gasteiger partial charge in [0.15, 0.2) is 5.82 Å². The zero-order valence-corrected chi connectivity index (χ0v) is 31.9. The van der Waals surface area contributed by atoms with Crippen molar-refractivity contribution >= 4 is 34.1 Å². The molecule has 1 aliphatic rings. The molecule has 9 rings (SSSR count). The summed E-state index contributed by atoms with van der Waals surface area (Å²) >= 11 is 0. The van der Waals surface area contributed by atoms with Crippen LogP contribution < -0.4 is 9.80 Å². The number of benzene rings is 7. The zero-order valence-electron chi connectivity index (χ0n) is 31.9. The number of nitrogens with zero attached hydrogens (tertiary/aromatic N) is 4. The largest absolute Gasteiger partial charge is 0.318 e. The van der Waals surface area contributed by atoms with Gasteiger partial charge in [-0.05, 0) is 89.7 Å². The Labute approximate surface area is 335 Å². The van der Waals surface area contributed by atoms with Gasteiger partial charge < -0.3 is 9.80 Å². The fraction of sp³-hybridized carbons (Fsp3) is 0.0566. The molecule has 1 aliphatic heterocycles. The van der Waals surface area contributed by atoms with Crippen molar-refractivity contribution in [2.75, 3.05) is 9.80 Å². The normalized spacial score (nSPS) is 14.0. The molecule has 1 atom stereocenters. The standard InChI is InChI=1S/C53H42N4/c1-3-20-50-45(4-2)48-36-41(33-34-51(48)57(50)52-37-49(38-21-9-5-10-22-38)54-53(55-52)39-23-11-6-12-24-39)47-32-18-17-31-46(47)40-25-19-30-44(35-40)56(42-26-13-7-14-27-42)43-28-15-8-16-29-43/h3-19,21-37,50H,1,20H2,2H3/b45-4-. The predicted octanol–water partition coefficient (Wildman–Crippen LogP) is 14.1. The summed E-state index contributed by atoms with van der Waals surface area (Å²) < 4.78 is 0. The molecule has 0 bridgehead atoms. The lowest BCUT2D eigenvalue weighted by atomic mass is 9.91. The van der Waals surface area contributed by atoms with E-state index in [0.717, 1.165) is 62.9 Å². The van der Waals surface area contributed by atoms with Gasteiger partial charge in [-0.2, -0.15) is 0 Å². The second-order valence-electron chi connectivity index (χ2n) is 14.2. The number of allylic oxidation sites excluding steroid dienone is 1. The lowest BCUT2D eigenvalue weighted by molar-refractivity contribution is 0.822. The molecule has 0 radical (unpaired) electrons. The Morgan fingerprint density at radius 3 is 1.68 bits per heavy atom. The van der Waals surface area contributed by atoms with E-state index in [9.17, 15) is 0 Å². The lowest BCUT2D eigenvalue weighted by Gasteiger charge is -2.27. The summed E-state index contributed by atoms with van der Waals surface area (Å²) in [6.07, 6.45) is 5.03. The van der Waals surface area contributed by atoms with E-state index >= 15 is 0 Å². The summed E-state index contributed by atoms with van der Waals surface area (Å²) in [5.41, 5.74) is 14.5. The number of hydrogen-bond donors (Lipinski definition) is 0. The smallest absolute Gasteiger partial charge is 0.162 e. The van der Waals surface area contributed by atoms with Crippen molar-refractivity contribution in [3.63, 3.8) is 0 Å². The number of para-hydroxylation sites is 2. The minimum absolute atomic E-state index is 0.0220. The van der Waals surface area contributed by atoms with Gasteiger partial charge in [0.25, 0.3) is 0 Å². The average Bonchev–Trinajstić information content (AvgIpc) is 3.60. The number of hydrogen-bond acceptors (Lipinski definition) is 4. The van der Waals surface area contributed by atoms with E-state index in [-0.39, 0.29) is 6.04 Å². The van der Waals surface area contributed by atoms with Crippen LogP contribution in [0.1, 0.15) is 18.9 Å². The Balaban J connectivity index is 1.15. The van der Waals surface area contributed by atoms with Gasteiger partial charge >= 0.3 is 0 Å². The SMILES string of the molecule is C=CCC1/C(=C\C)c2cc(-c3ccccc3-c3cccc(N(c4ccccc4)c4ccccc4)c3)ccc2N1c1cc(-c2ccccc2)nc(-c2ccccc2)n1. The van der Waals surface area contributed by atoms with Crippen LogP contribution >= 0.6 is 0 Å². The molecule has 0 amide bonds. The number of fused-ring (bicyclic) bond motifs is 1. The van der Waals surface area contributed by atoms with Gasteiger partial charge in [0, 0.05) is 39.8 Å². The van der Waals surface area contributed by atoms with E-state index in [1.165, 1.54) is 22.3 Å². The highest BCUT2D eigenvalue weighted by Gasteiger charge is 2.35. The molecule has 1 aromatic heterocycles. The number of aromatic nitrogens is 2. The van der Waals surface area contributed by atoms with Crippen LogP contribution in [0.5, 0.6) is 0 Å². The Morgan fingerprint density at radius 1 is 0.526 bits per heavy atom. The van der Waals surface area contributed by atoms with E-state index in [4.69, 9.17) is 9.97 Å². The molecule has 0 spiro atoms. The van der Waals surface area contributed by atoms with Crippen LogP contribution in [0.15, 0.2) is 213 Å². The molecular weight excluding hydrogens is 693 g/mol. The van der Waals surface area contributed by atoms with E-state index in [0.29, 0.717) is 5.82 Å². The van der Waals surface area contributed by atoms with Gasteiger partial charge in [0.1, 0.15) is 5.82 Å². The van der Waals surface area contributed by atoms with Crippen molar-refractivity contribution in [2.45, 2.75) is 19.4 Å². The monoisotopic (exact) mass is 734 g/mol. The fourth-order valence-electron chi connectivity index (χ4n) is 8.08. The summed E-state index contributed by atoms with van der Waals surface area (Å²) in [6, 6.07) is 68.4. The topological polar surface area (TPSA) is 32.3 Å². The highest BCUT2D eigenvalue weighted by Crippen LogP contribution is 2.48. The molecule has 0 saturated carbocycles. The quantitative estimate of drug-likeness (QED) is 0.131. The third kappa shape index (κ3) is 6.94. The van der Waals surface area contributed by atoms with Crippen LogP contribution in [-0.2, 0) is 0 Å². The molecule has 274 valence electrons. The van der Waals surface area contributed by atoms with E-state index in [1.807, 2.05) is 30.3 Å². The van der Waals surface area contributed by atoms with Crippen LogP contribution in [0.25, 0.3) is 50.5 Å². The maximum absolute atomic E-state index is 5.26. The van der Waals surface area contributed by atoms with Gasteiger partial charge in [-0.3, -0.25) is 0 Å². The first-order chi connectivity index (χ1) is 28.2. The molecule has 57 heavy (non-hydrogen) atoms. The summed E-state index contributed by atoms with van der Waals surface area (Å²) in [5.74, 6) is 1.56. The molecule has 2 heterocycles. The van der Waals surface area contributed by atoms with Gasteiger partial charge in [-0.1, -0.05) is 152 Å². The molecule has 0 N–H and O–H groups in total. The van der Waals surface area contributed by atoms with Crippen LogP contribution in [0.4, 0.5) is 28.6 Å². The summed E-state index contributed by atoms with van der Waals surface area (Å²) in [4.78, 5) is 15.0. The van der Waals surface area contributed by atoms with E-state index < -0.39 is 0 Å². The first-order valence-electron chi connectivity index (χ1n) is 19.5. The van der Waals surface area contributed by atoms with Crippen molar-refractivity contribution in [1.29, 1.82) is 0 Å².